The topological polar surface area (TPSA) is 108 Å². The molecule has 136 heavy (non-hydrogen) atoms. The lowest BCUT2D eigenvalue weighted by molar-refractivity contribution is 0.0961. The largest absolute Gasteiger partial charge is 0.316 e. The highest BCUT2D eigenvalue weighted by Crippen LogP contribution is 2.43. The molecule has 8 aromatic heterocycles. The summed E-state index contributed by atoms with van der Waals surface area (Å²) in [5.41, 5.74) is 23.4. The van der Waals surface area contributed by atoms with E-state index in [1.54, 1.807) is 0 Å². The van der Waals surface area contributed by atoms with Crippen LogP contribution in [0.25, 0.3) is 176 Å². The van der Waals surface area contributed by atoms with E-state index < -0.39 is 0 Å². The van der Waals surface area contributed by atoms with Gasteiger partial charge >= 0.3 is 0 Å². The van der Waals surface area contributed by atoms with Crippen LogP contribution in [0.15, 0.2) is 498 Å². The van der Waals surface area contributed by atoms with Crippen LogP contribution in [0.4, 0.5) is 0 Å². The molecular weight excluding hydrogens is 1670 g/mol. The van der Waals surface area contributed by atoms with Crippen molar-refractivity contribution < 1.29 is 19.2 Å². The Balaban J connectivity index is 0.0000000994. The molecular formula is C124H82N8O4. The molecule has 0 amide bonds. The second-order valence-electron chi connectivity index (χ2n) is 34.1. The Morgan fingerprint density at radius 1 is 0.154 bits per heavy atom. The molecule has 0 saturated carbocycles. The molecule has 0 N–H and O–H groups in total. The quantitative estimate of drug-likeness (QED) is 0.114. The van der Waals surface area contributed by atoms with E-state index in [9.17, 15) is 19.2 Å². The Morgan fingerprint density at radius 3 is 0.853 bits per heavy atom. The normalized spacial score (nSPS) is 11.5. The molecule has 0 unspecified atom stereocenters. The van der Waals surface area contributed by atoms with E-state index >= 15 is 0 Å². The van der Waals surface area contributed by atoms with Crippen LogP contribution in [0.1, 0.15) is 52.6 Å². The fraction of sp³-hybridized carbons (Fsp3) is 0. The van der Waals surface area contributed by atoms with Gasteiger partial charge in [-0.15, -0.1) is 0 Å². The highest BCUT2D eigenvalue weighted by Gasteiger charge is 2.26. The van der Waals surface area contributed by atoms with Crippen LogP contribution >= 0.6 is 0 Å². The van der Waals surface area contributed by atoms with Gasteiger partial charge in [0, 0.05) is 157 Å². The molecule has 12 heteroatoms. The number of hydrogen-bond donors (Lipinski definition) is 0. The molecule has 27 aromatic rings. The van der Waals surface area contributed by atoms with Gasteiger partial charge in [0.05, 0.1) is 66.2 Å². The molecule has 0 aliphatic carbocycles. The standard InChI is InChI=1S/2C33H22N2O.C31H20N2O.C27H18N2O/c36-33(23-10-3-1-4-11-23)24-12-9-15-26(22-24)35-31-17-8-7-16-27(31)28-18-19-30-29(32(28)35)20-21-34(30)25-13-5-2-6-14-25;36-33(23-9-3-1-4-10-23)24-15-17-26(18-16-24)35-31-14-8-7-13-27(31)28-19-20-30-29(32(28)35)21-22-34(30)25-11-5-2-6-12-25;34-31(23-15-14-21-8-4-5-9-22(21)20-23)33-29-13-7-6-12-25(29)26-16-17-28-27(30(26)33)18-19-32(28)24-10-2-1-3-11-24;30-27(19-9-3-1-4-10-19)29-25-14-8-7-13-21(25)22-15-16-24-23(26(22)29)17-18-28(24)20-11-5-2-6-12-20/h2*1-22H;1-20H;1-18H. The Morgan fingerprint density at radius 2 is 0.441 bits per heavy atom. The monoisotopic (exact) mass is 1750 g/mol. The van der Waals surface area contributed by atoms with Gasteiger partial charge in [0.15, 0.2) is 11.6 Å². The van der Waals surface area contributed by atoms with Crippen molar-refractivity contribution >= 4 is 165 Å². The number of carbonyl (C=O) groups excluding carboxylic acids is 4. The van der Waals surface area contributed by atoms with Crippen LogP contribution in [-0.2, 0) is 0 Å². The molecule has 642 valence electrons. The molecule has 27 rings (SSSR count). The highest BCUT2D eigenvalue weighted by atomic mass is 16.2. The van der Waals surface area contributed by atoms with Crippen LogP contribution in [-0.4, -0.2) is 59.9 Å². The number of aromatic nitrogens is 8. The fourth-order valence-corrected chi connectivity index (χ4v) is 20.1. The number of hydrogen-bond acceptors (Lipinski definition) is 4. The minimum absolute atomic E-state index is 0.0123. The van der Waals surface area contributed by atoms with Gasteiger partial charge in [0.1, 0.15) is 0 Å². The van der Waals surface area contributed by atoms with Crippen LogP contribution in [0.3, 0.4) is 0 Å². The van der Waals surface area contributed by atoms with Gasteiger partial charge in [0.25, 0.3) is 11.8 Å². The van der Waals surface area contributed by atoms with Crippen LogP contribution in [0.5, 0.6) is 0 Å². The zero-order valence-corrected chi connectivity index (χ0v) is 73.6. The summed E-state index contributed by atoms with van der Waals surface area (Å²) in [7, 11) is 0. The molecule has 0 aliphatic rings. The zero-order valence-electron chi connectivity index (χ0n) is 73.6. The summed E-state index contributed by atoms with van der Waals surface area (Å²) in [6.07, 6.45) is 8.44. The van der Waals surface area contributed by atoms with Gasteiger partial charge in [-0.3, -0.25) is 28.3 Å². The van der Waals surface area contributed by atoms with E-state index in [0.717, 1.165) is 138 Å². The van der Waals surface area contributed by atoms with E-state index in [4.69, 9.17) is 0 Å². The molecule has 0 fully saturated rings. The first-order valence-electron chi connectivity index (χ1n) is 45.6. The van der Waals surface area contributed by atoms with E-state index in [2.05, 4.69) is 289 Å². The summed E-state index contributed by atoms with van der Waals surface area (Å²) in [4.78, 5) is 53.9. The molecule has 12 nitrogen and oxygen atoms in total. The number of nitrogens with zero attached hydrogens (tertiary/aromatic N) is 8. The molecule has 19 aromatic carbocycles. The Kier molecular flexibility index (Phi) is 20.2. The average molecular weight is 1750 g/mol. The zero-order chi connectivity index (χ0) is 90.9. The molecule has 0 radical (unpaired) electrons. The van der Waals surface area contributed by atoms with Crippen LogP contribution < -0.4 is 0 Å². The lowest BCUT2D eigenvalue weighted by Gasteiger charge is -2.11. The number of benzene rings is 19. The lowest BCUT2D eigenvalue weighted by Crippen LogP contribution is -2.11. The third-order valence-electron chi connectivity index (χ3n) is 26.4. The highest BCUT2D eigenvalue weighted by molar-refractivity contribution is 6.26. The molecule has 0 atom stereocenters. The van der Waals surface area contributed by atoms with Crippen molar-refractivity contribution in [1.82, 2.24) is 36.5 Å². The molecule has 0 aliphatic heterocycles. The maximum absolute atomic E-state index is 14.1. The molecule has 0 saturated heterocycles. The number of rotatable bonds is 12. The SMILES string of the molecule is O=C(c1ccc2ccccc2c1)n1c2ccccc2c2ccc3c(ccn3-c3ccccc3)c21.O=C(c1ccccc1)c1ccc(-n2c3ccccc3c3ccc4c(ccn4-c4ccccc4)c32)cc1.O=C(c1ccccc1)c1cccc(-n2c3ccccc3c3ccc4c(ccn4-c4ccccc4)c32)c1.O=C(c1ccccc1)n1c2ccccc2c2ccc3c(ccn3-c3ccccc3)c21. The molecule has 0 bridgehead atoms. The molecule has 8 heterocycles. The smallest absolute Gasteiger partial charge is 0.262 e. The minimum atomic E-state index is -0.0167. The first-order valence-corrected chi connectivity index (χ1v) is 45.6. The van der Waals surface area contributed by atoms with Crippen molar-refractivity contribution in [1.29, 1.82) is 0 Å². The van der Waals surface area contributed by atoms with Gasteiger partial charge in [-0.1, -0.05) is 291 Å². The van der Waals surface area contributed by atoms with Gasteiger partial charge in [0.2, 0.25) is 0 Å². The van der Waals surface area contributed by atoms with Crippen molar-refractivity contribution in [3.8, 4) is 34.1 Å². The number of ketones is 2. The fourth-order valence-electron chi connectivity index (χ4n) is 20.1. The third kappa shape index (κ3) is 13.9. The molecule has 0 spiro atoms. The first-order chi connectivity index (χ1) is 67.2. The minimum Gasteiger partial charge on any atom is -0.316 e. The van der Waals surface area contributed by atoms with Gasteiger partial charge in [-0.05, 0) is 193 Å². The number of para-hydroxylation sites is 8. The lowest BCUT2D eigenvalue weighted by atomic mass is 10.0. The predicted octanol–water partition coefficient (Wildman–Crippen LogP) is 29.9. The van der Waals surface area contributed by atoms with Gasteiger partial charge in [-0.2, -0.15) is 0 Å². The number of carbonyl (C=O) groups is 4. The average Bonchev–Trinajstić information content (AvgIpc) is 1.58. The Hall–Kier alpha value is -18.5. The van der Waals surface area contributed by atoms with Crippen molar-refractivity contribution in [3.63, 3.8) is 0 Å². The Labute approximate surface area is 781 Å². The van der Waals surface area contributed by atoms with Gasteiger partial charge in [-0.25, -0.2) is 0 Å². The summed E-state index contributed by atoms with van der Waals surface area (Å²) in [6, 6.07) is 159. The summed E-state index contributed by atoms with van der Waals surface area (Å²) < 4.78 is 17.2. The summed E-state index contributed by atoms with van der Waals surface area (Å²) >= 11 is 0. The van der Waals surface area contributed by atoms with E-state index in [0.29, 0.717) is 33.4 Å². The van der Waals surface area contributed by atoms with Gasteiger partial charge < -0.3 is 27.4 Å². The van der Waals surface area contributed by atoms with E-state index in [1.165, 1.54) is 37.8 Å². The summed E-state index contributed by atoms with van der Waals surface area (Å²) in [5.74, 6) is 0.0315. The van der Waals surface area contributed by atoms with Crippen molar-refractivity contribution in [2.24, 2.45) is 0 Å². The van der Waals surface area contributed by atoms with Crippen molar-refractivity contribution in [3.05, 3.63) is 531 Å². The summed E-state index contributed by atoms with van der Waals surface area (Å²) in [5, 5.41) is 15.9. The van der Waals surface area contributed by atoms with Crippen LogP contribution in [0, 0.1) is 0 Å². The van der Waals surface area contributed by atoms with Crippen LogP contribution in [0.2, 0.25) is 0 Å². The first kappa shape index (κ1) is 80.8. The Bertz CT molecular complexity index is 9340. The van der Waals surface area contributed by atoms with Crippen molar-refractivity contribution in [2.45, 2.75) is 0 Å². The van der Waals surface area contributed by atoms with E-state index in [-0.39, 0.29) is 23.4 Å². The second kappa shape index (κ2) is 34.1. The second-order valence-corrected chi connectivity index (χ2v) is 34.1. The van der Waals surface area contributed by atoms with E-state index in [1.807, 2.05) is 246 Å². The van der Waals surface area contributed by atoms with Crippen molar-refractivity contribution in [2.75, 3.05) is 0 Å². The third-order valence-corrected chi connectivity index (χ3v) is 26.4. The number of fused-ring (bicyclic) bond motifs is 21. The summed E-state index contributed by atoms with van der Waals surface area (Å²) in [6.45, 7) is 0. The predicted molar refractivity (Wildman–Crippen MR) is 557 cm³/mol. The maximum atomic E-state index is 14.1. The maximum Gasteiger partial charge on any atom is 0.262 e.